The summed E-state index contributed by atoms with van der Waals surface area (Å²) >= 11 is 0. The monoisotopic (exact) mass is 393 g/mol. The summed E-state index contributed by atoms with van der Waals surface area (Å²) in [6.45, 7) is 6.73. The van der Waals surface area contributed by atoms with Crippen LogP contribution in [0.5, 0.6) is 0 Å². The molecule has 3 aromatic rings. The summed E-state index contributed by atoms with van der Waals surface area (Å²) in [6.07, 6.45) is 0. The van der Waals surface area contributed by atoms with Crippen LogP contribution in [0.2, 0.25) is 0 Å². The summed E-state index contributed by atoms with van der Waals surface area (Å²) in [7, 11) is 0. The standard InChI is InChI=1S/C21H23N5O3/c22-21(27)16-3-1-2-15(8-16)17-9-18-20(24-29-23-18)19(10-17)26-12-14(13-26)11-25-4-6-28-7-5-25/h1-3,8-10,14H,4-7,11-13H2,(H2,22,27). The summed E-state index contributed by atoms with van der Waals surface area (Å²) in [5, 5.41) is 8.16. The molecular formula is C21H23N5O3. The SMILES string of the molecule is NC(=O)c1cccc(-c2cc(N3CC(CN4CCOCC4)C3)c3nonc3c2)c1. The first kappa shape index (κ1) is 18.1. The number of hydrogen-bond donors (Lipinski definition) is 1. The van der Waals surface area contributed by atoms with E-state index in [1.165, 1.54) is 0 Å². The Morgan fingerprint density at radius 1 is 1.10 bits per heavy atom. The molecule has 5 rings (SSSR count). The lowest BCUT2D eigenvalue weighted by molar-refractivity contribution is 0.0286. The highest BCUT2D eigenvalue weighted by molar-refractivity contribution is 5.96. The zero-order valence-corrected chi connectivity index (χ0v) is 16.1. The third-order valence-corrected chi connectivity index (χ3v) is 5.74. The van der Waals surface area contributed by atoms with E-state index in [0.29, 0.717) is 17.0 Å². The fourth-order valence-electron chi connectivity index (χ4n) is 4.16. The van der Waals surface area contributed by atoms with Gasteiger partial charge in [-0.15, -0.1) is 0 Å². The third kappa shape index (κ3) is 3.56. The van der Waals surface area contributed by atoms with E-state index in [-0.39, 0.29) is 0 Å². The summed E-state index contributed by atoms with van der Waals surface area (Å²) in [4.78, 5) is 16.3. The molecule has 8 nitrogen and oxygen atoms in total. The number of benzene rings is 2. The van der Waals surface area contributed by atoms with Gasteiger partial charge in [-0.1, -0.05) is 12.1 Å². The van der Waals surface area contributed by atoms with Gasteiger partial charge in [0, 0.05) is 44.2 Å². The molecule has 0 radical (unpaired) electrons. The van der Waals surface area contributed by atoms with E-state index >= 15 is 0 Å². The molecule has 0 saturated carbocycles. The van der Waals surface area contributed by atoms with E-state index in [9.17, 15) is 4.79 Å². The molecule has 2 aliphatic rings. The lowest BCUT2D eigenvalue weighted by Gasteiger charge is -2.43. The van der Waals surface area contributed by atoms with Gasteiger partial charge in [-0.25, -0.2) is 4.63 Å². The van der Waals surface area contributed by atoms with Gasteiger partial charge >= 0.3 is 0 Å². The second-order valence-electron chi connectivity index (χ2n) is 7.76. The Morgan fingerprint density at radius 2 is 1.93 bits per heavy atom. The average Bonchev–Trinajstić information content (AvgIpc) is 3.19. The number of ether oxygens (including phenoxy) is 1. The Hall–Kier alpha value is -2.97. The number of carbonyl (C=O) groups is 1. The van der Waals surface area contributed by atoms with Crippen LogP contribution in [0.25, 0.3) is 22.2 Å². The van der Waals surface area contributed by atoms with Crippen molar-refractivity contribution < 1.29 is 14.2 Å². The molecule has 0 unspecified atom stereocenters. The molecule has 29 heavy (non-hydrogen) atoms. The number of amides is 1. The van der Waals surface area contributed by atoms with Crippen molar-refractivity contribution >= 4 is 22.6 Å². The van der Waals surface area contributed by atoms with Crippen molar-refractivity contribution in [2.24, 2.45) is 11.7 Å². The first-order chi connectivity index (χ1) is 14.2. The quantitative estimate of drug-likeness (QED) is 0.705. The van der Waals surface area contributed by atoms with Crippen molar-refractivity contribution in [3.05, 3.63) is 42.0 Å². The molecule has 0 aliphatic carbocycles. The number of morpholine rings is 1. The maximum Gasteiger partial charge on any atom is 0.248 e. The van der Waals surface area contributed by atoms with Gasteiger partial charge < -0.3 is 15.4 Å². The van der Waals surface area contributed by atoms with Gasteiger partial charge in [0.2, 0.25) is 5.91 Å². The van der Waals surface area contributed by atoms with Gasteiger partial charge in [-0.3, -0.25) is 9.69 Å². The molecule has 0 atom stereocenters. The summed E-state index contributed by atoms with van der Waals surface area (Å²) in [5.41, 5.74) is 10.3. The highest BCUT2D eigenvalue weighted by atomic mass is 16.6. The number of nitrogens with two attached hydrogens (primary N) is 1. The number of nitrogens with zero attached hydrogens (tertiary/aromatic N) is 4. The van der Waals surface area contributed by atoms with Crippen LogP contribution in [0.4, 0.5) is 5.69 Å². The molecule has 2 aromatic carbocycles. The number of anilines is 1. The first-order valence-electron chi connectivity index (χ1n) is 9.89. The lowest BCUT2D eigenvalue weighted by atomic mass is 9.96. The molecule has 150 valence electrons. The number of rotatable bonds is 5. The van der Waals surface area contributed by atoms with Gasteiger partial charge in [-0.2, -0.15) is 0 Å². The molecule has 2 fully saturated rings. The van der Waals surface area contributed by atoms with Gasteiger partial charge in [0.15, 0.2) is 5.52 Å². The van der Waals surface area contributed by atoms with Crippen LogP contribution in [0, 0.1) is 5.92 Å². The van der Waals surface area contributed by atoms with Crippen LogP contribution in [-0.4, -0.2) is 67.1 Å². The third-order valence-electron chi connectivity index (χ3n) is 5.74. The maximum absolute atomic E-state index is 11.6. The molecule has 2 saturated heterocycles. The molecule has 2 aliphatic heterocycles. The van der Waals surface area contributed by atoms with Crippen LogP contribution < -0.4 is 10.6 Å². The molecule has 0 bridgehead atoms. The largest absolute Gasteiger partial charge is 0.379 e. The molecule has 2 N–H and O–H groups in total. The summed E-state index contributed by atoms with van der Waals surface area (Å²) < 4.78 is 10.4. The minimum absolute atomic E-state index is 0.440. The van der Waals surface area contributed by atoms with Crippen molar-refractivity contribution in [3.63, 3.8) is 0 Å². The highest BCUT2D eigenvalue weighted by Gasteiger charge is 2.31. The number of carbonyl (C=O) groups excluding carboxylic acids is 1. The van der Waals surface area contributed by atoms with Gasteiger partial charge in [-0.05, 0) is 45.7 Å². The van der Waals surface area contributed by atoms with E-state index in [4.69, 9.17) is 15.1 Å². The van der Waals surface area contributed by atoms with Crippen molar-refractivity contribution in [2.45, 2.75) is 0 Å². The normalized spacial score (nSPS) is 18.1. The lowest BCUT2D eigenvalue weighted by Crippen LogP contribution is -2.53. The van der Waals surface area contributed by atoms with E-state index < -0.39 is 5.91 Å². The van der Waals surface area contributed by atoms with E-state index in [2.05, 4.69) is 26.2 Å². The van der Waals surface area contributed by atoms with Crippen LogP contribution in [0.3, 0.4) is 0 Å². The zero-order valence-electron chi connectivity index (χ0n) is 16.1. The Bertz CT molecular complexity index is 1040. The summed E-state index contributed by atoms with van der Waals surface area (Å²) in [6, 6.07) is 11.3. The van der Waals surface area contributed by atoms with Crippen molar-refractivity contribution in [2.75, 3.05) is 50.8 Å². The number of hydrogen-bond acceptors (Lipinski definition) is 7. The predicted octanol–water partition coefficient (Wildman–Crippen LogP) is 1.76. The number of fused-ring (bicyclic) bond motifs is 1. The van der Waals surface area contributed by atoms with Gasteiger partial charge in [0.05, 0.1) is 18.9 Å². The smallest absolute Gasteiger partial charge is 0.248 e. The molecule has 0 spiro atoms. The second kappa shape index (κ2) is 7.46. The van der Waals surface area contributed by atoms with Crippen LogP contribution in [0.1, 0.15) is 10.4 Å². The molecular weight excluding hydrogens is 370 g/mol. The fraction of sp³-hybridized carbons (Fsp3) is 0.381. The molecule has 1 amide bonds. The Labute approximate surface area is 168 Å². The Kier molecular flexibility index (Phi) is 4.65. The number of aromatic nitrogens is 2. The van der Waals surface area contributed by atoms with Gasteiger partial charge in [0.25, 0.3) is 0 Å². The maximum atomic E-state index is 11.6. The predicted molar refractivity (Wildman–Crippen MR) is 109 cm³/mol. The molecule has 1 aromatic heterocycles. The van der Waals surface area contributed by atoms with Crippen molar-refractivity contribution in [3.8, 4) is 11.1 Å². The highest BCUT2D eigenvalue weighted by Crippen LogP contribution is 2.35. The fourth-order valence-corrected chi connectivity index (χ4v) is 4.16. The topological polar surface area (TPSA) is 97.7 Å². The van der Waals surface area contributed by atoms with Crippen LogP contribution in [-0.2, 0) is 4.74 Å². The van der Waals surface area contributed by atoms with E-state index in [0.717, 1.165) is 68.3 Å². The minimum atomic E-state index is -0.440. The number of primary amides is 1. The minimum Gasteiger partial charge on any atom is -0.379 e. The molecule has 8 heteroatoms. The first-order valence-corrected chi connectivity index (χ1v) is 9.89. The van der Waals surface area contributed by atoms with E-state index in [1.807, 2.05) is 18.2 Å². The zero-order chi connectivity index (χ0) is 19.8. The molecule has 3 heterocycles. The average molecular weight is 393 g/mol. The second-order valence-corrected chi connectivity index (χ2v) is 7.76. The van der Waals surface area contributed by atoms with Crippen LogP contribution in [0.15, 0.2) is 41.0 Å². The van der Waals surface area contributed by atoms with Crippen LogP contribution >= 0.6 is 0 Å². The van der Waals surface area contributed by atoms with Crippen molar-refractivity contribution in [1.29, 1.82) is 0 Å². The van der Waals surface area contributed by atoms with E-state index in [1.54, 1.807) is 12.1 Å². The summed E-state index contributed by atoms with van der Waals surface area (Å²) in [5.74, 6) is 0.190. The Balaban J connectivity index is 1.39. The Morgan fingerprint density at radius 3 is 2.72 bits per heavy atom. The van der Waals surface area contributed by atoms with Gasteiger partial charge in [0.1, 0.15) is 5.52 Å². The van der Waals surface area contributed by atoms with Crippen molar-refractivity contribution in [1.82, 2.24) is 15.2 Å².